The van der Waals surface area contributed by atoms with Gasteiger partial charge in [0.05, 0.1) is 13.2 Å². The molecule has 2 aliphatic carbocycles. The van der Waals surface area contributed by atoms with Crippen LogP contribution in [0.1, 0.15) is 90.2 Å². The van der Waals surface area contributed by atoms with Crippen LogP contribution in [0.5, 0.6) is 5.75 Å². The van der Waals surface area contributed by atoms with E-state index < -0.39 is 11.7 Å². The smallest absolute Gasteiger partial charge is 0.407 e. The quantitative estimate of drug-likeness (QED) is 0.503. The van der Waals surface area contributed by atoms with Crippen molar-refractivity contribution in [2.24, 2.45) is 16.8 Å². The number of fused-ring (bicyclic) bond motifs is 1. The lowest BCUT2D eigenvalue weighted by Crippen LogP contribution is -2.41. The molecule has 6 nitrogen and oxygen atoms in total. The molecule has 2 unspecified atom stereocenters. The highest BCUT2D eigenvalue weighted by molar-refractivity contribution is 6.05. The van der Waals surface area contributed by atoms with Gasteiger partial charge in [0.25, 0.3) is 0 Å². The normalized spacial score (nSPS) is 28.0. The first kappa shape index (κ1) is 26.4. The zero-order valence-corrected chi connectivity index (χ0v) is 22.9. The lowest BCUT2D eigenvalue weighted by Gasteiger charge is -2.29. The van der Waals surface area contributed by atoms with E-state index in [1.807, 2.05) is 39.8 Å². The van der Waals surface area contributed by atoms with Crippen LogP contribution in [0, 0.1) is 18.8 Å². The predicted octanol–water partition coefficient (Wildman–Crippen LogP) is 6.31. The second-order valence-corrected chi connectivity index (χ2v) is 11.8. The molecule has 1 heterocycles. The Morgan fingerprint density at radius 1 is 1.14 bits per heavy atom. The van der Waals surface area contributed by atoms with Gasteiger partial charge in [-0.25, -0.2) is 4.79 Å². The number of ketones is 1. The van der Waals surface area contributed by atoms with Gasteiger partial charge in [0.1, 0.15) is 17.1 Å². The number of benzene rings is 1. The molecule has 196 valence electrons. The molecular weight excluding hydrogens is 452 g/mol. The molecule has 4 rings (SSSR count). The van der Waals surface area contributed by atoms with Crippen molar-refractivity contribution in [3.05, 3.63) is 40.5 Å². The van der Waals surface area contributed by atoms with Gasteiger partial charge in [-0.15, -0.1) is 0 Å². The van der Waals surface area contributed by atoms with E-state index in [1.165, 1.54) is 29.7 Å². The van der Waals surface area contributed by atoms with Crippen LogP contribution in [0.25, 0.3) is 0 Å². The molecule has 2 saturated carbocycles. The van der Waals surface area contributed by atoms with Crippen molar-refractivity contribution in [3.63, 3.8) is 0 Å². The van der Waals surface area contributed by atoms with Crippen LogP contribution in [-0.4, -0.2) is 42.4 Å². The lowest BCUT2D eigenvalue weighted by atomic mass is 9.80. The SMILES string of the molecule is COc1cccc([C@H]2C(C(=O)CC3N=C4C(=C3C)CCC[C@@H]4C)CC[C@H]2NC(=O)OC(C)(C)C)c1C. The Hall–Kier alpha value is -2.63. The molecule has 36 heavy (non-hydrogen) atoms. The number of aliphatic imine (C=N–C) groups is 1. The number of ether oxygens (including phenoxy) is 2. The van der Waals surface area contributed by atoms with Gasteiger partial charge in [-0.2, -0.15) is 0 Å². The topological polar surface area (TPSA) is 77.0 Å². The zero-order valence-electron chi connectivity index (χ0n) is 22.9. The maximum absolute atomic E-state index is 13.9. The standard InChI is InChI=1S/C30H42N2O4/c1-17-10-8-12-21-18(2)24(31-28(17)21)16-25(33)22-14-15-23(32-29(34)36-30(4,5)6)27(22)20-11-9-13-26(35-7)19(20)3/h9,11,13,17,22-24,27H,8,10,12,14-16H2,1-7H3,(H,32,34)/t17-,22?,23+,24?,27-/m0/s1. The highest BCUT2D eigenvalue weighted by Gasteiger charge is 2.44. The molecule has 0 saturated heterocycles. The fraction of sp³-hybridized carbons (Fsp3) is 0.633. The second-order valence-electron chi connectivity index (χ2n) is 11.8. The summed E-state index contributed by atoms with van der Waals surface area (Å²) in [6.07, 6.45) is 4.90. The number of amides is 1. The number of rotatable bonds is 6. The van der Waals surface area contributed by atoms with E-state index in [9.17, 15) is 9.59 Å². The molecule has 6 heteroatoms. The Labute approximate surface area is 215 Å². The summed E-state index contributed by atoms with van der Waals surface area (Å²) in [6.45, 7) is 12.0. The number of hydrogen-bond acceptors (Lipinski definition) is 5. The monoisotopic (exact) mass is 494 g/mol. The van der Waals surface area contributed by atoms with E-state index in [0.717, 1.165) is 36.1 Å². The Morgan fingerprint density at radius 3 is 2.56 bits per heavy atom. The third kappa shape index (κ3) is 5.37. The lowest BCUT2D eigenvalue weighted by molar-refractivity contribution is -0.123. The van der Waals surface area contributed by atoms with Crippen LogP contribution >= 0.6 is 0 Å². The summed E-state index contributed by atoms with van der Waals surface area (Å²) in [4.78, 5) is 31.6. The van der Waals surface area contributed by atoms with Crippen molar-refractivity contribution in [2.45, 2.75) is 104 Å². The average Bonchev–Trinajstić information content (AvgIpc) is 3.35. The second kappa shape index (κ2) is 10.4. The van der Waals surface area contributed by atoms with Gasteiger partial charge in [0.15, 0.2) is 0 Å². The van der Waals surface area contributed by atoms with Crippen LogP contribution in [0.4, 0.5) is 4.79 Å². The molecule has 0 spiro atoms. The Kier molecular flexibility index (Phi) is 7.63. The highest BCUT2D eigenvalue weighted by atomic mass is 16.6. The van der Waals surface area contributed by atoms with Crippen molar-refractivity contribution in [3.8, 4) is 5.75 Å². The van der Waals surface area contributed by atoms with E-state index >= 15 is 0 Å². The van der Waals surface area contributed by atoms with Crippen LogP contribution < -0.4 is 10.1 Å². The van der Waals surface area contributed by atoms with Gasteiger partial charge in [-0.05, 0) is 101 Å². The molecule has 5 atom stereocenters. The molecule has 1 aliphatic heterocycles. The maximum atomic E-state index is 13.9. The molecule has 0 bridgehead atoms. The number of nitrogens with one attached hydrogen (secondary N) is 1. The molecular formula is C30H42N2O4. The maximum Gasteiger partial charge on any atom is 0.407 e. The summed E-state index contributed by atoms with van der Waals surface area (Å²) in [6, 6.07) is 5.74. The number of alkyl carbamates (subject to hydrolysis) is 1. The molecule has 1 aromatic rings. The first-order chi connectivity index (χ1) is 17.0. The van der Waals surface area contributed by atoms with E-state index in [1.54, 1.807) is 7.11 Å². The minimum atomic E-state index is -0.583. The number of hydrogen-bond donors (Lipinski definition) is 1. The predicted molar refractivity (Wildman–Crippen MR) is 143 cm³/mol. The summed E-state index contributed by atoms with van der Waals surface area (Å²) in [7, 11) is 1.66. The number of methoxy groups -OCH3 is 1. The van der Waals surface area contributed by atoms with Crippen molar-refractivity contribution in [2.75, 3.05) is 7.11 Å². The van der Waals surface area contributed by atoms with Gasteiger partial charge < -0.3 is 14.8 Å². The first-order valence-corrected chi connectivity index (χ1v) is 13.4. The Bertz CT molecular complexity index is 1080. The van der Waals surface area contributed by atoms with Gasteiger partial charge in [0, 0.05) is 30.0 Å². The first-order valence-electron chi connectivity index (χ1n) is 13.4. The fourth-order valence-electron chi connectivity index (χ4n) is 6.39. The zero-order chi connectivity index (χ0) is 26.2. The van der Waals surface area contributed by atoms with Crippen molar-refractivity contribution >= 4 is 17.6 Å². The third-order valence-corrected chi connectivity index (χ3v) is 8.18. The van der Waals surface area contributed by atoms with Crippen LogP contribution in [0.3, 0.4) is 0 Å². The van der Waals surface area contributed by atoms with E-state index in [0.29, 0.717) is 12.3 Å². The average molecular weight is 495 g/mol. The van der Waals surface area contributed by atoms with Gasteiger partial charge in [-0.1, -0.05) is 19.1 Å². The number of nitrogens with zero attached hydrogens (tertiary/aromatic N) is 1. The van der Waals surface area contributed by atoms with Crippen LogP contribution in [0.2, 0.25) is 0 Å². The number of allylic oxidation sites excluding steroid dienone is 1. The Morgan fingerprint density at radius 2 is 1.89 bits per heavy atom. The van der Waals surface area contributed by atoms with Gasteiger partial charge in [-0.3, -0.25) is 9.79 Å². The number of carbonyl (C=O) groups excluding carboxylic acids is 2. The minimum absolute atomic E-state index is 0.0482. The summed E-state index contributed by atoms with van der Waals surface area (Å²) < 4.78 is 11.1. The third-order valence-electron chi connectivity index (χ3n) is 8.18. The van der Waals surface area contributed by atoms with Gasteiger partial charge in [0.2, 0.25) is 0 Å². The number of Topliss-reactive ketones (excluding diaryl/α,β-unsaturated/α-hetero) is 1. The molecule has 1 amide bonds. The summed E-state index contributed by atoms with van der Waals surface area (Å²) in [5.41, 5.74) is 5.39. The molecule has 1 N–H and O–H groups in total. The molecule has 2 fully saturated rings. The number of carbonyl (C=O) groups is 2. The Balaban J connectivity index is 1.60. The van der Waals surface area contributed by atoms with E-state index in [-0.39, 0.29) is 29.7 Å². The van der Waals surface area contributed by atoms with E-state index in [2.05, 4.69) is 25.2 Å². The van der Waals surface area contributed by atoms with Crippen molar-refractivity contribution in [1.29, 1.82) is 0 Å². The van der Waals surface area contributed by atoms with Crippen molar-refractivity contribution < 1.29 is 19.1 Å². The van der Waals surface area contributed by atoms with E-state index in [4.69, 9.17) is 14.5 Å². The summed E-state index contributed by atoms with van der Waals surface area (Å²) >= 11 is 0. The summed E-state index contributed by atoms with van der Waals surface area (Å²) in [5, 5.41) is 3.09. The van der Waals surface area contributed by atoms with Crippen molar-refractivity contribution in [1.82, 2.24) is 5.32 Å². The van der Waals surface area contributed by atoms with Crippen LogP contribution in [0.15, 0.2) is 34.3 Å². The molecule has 3 aliphatic rings. The summed E-state index contributed by atoms with van der Waals surface area (Å²) in [5.74, 6) is 1.18. The molecule has 0 aromatic heterocycles. The largest absolute Gasteiger partial charge is 0.496 e. The fourth-order valence-corrected chi connectivity index (χ4v) is 6.39. The highest BCUT2D eigenvalue weighted by Crippen LogP contribution is 2.45. The van der Waals surface area contributed by atoms with Crippen LogP contribution in [-0.2, 0) is 9.53 Å². The molecule has 1 aromatic carbocycles. The molecule has 0 radical (unpaired) electrons. The van der Waals surface area contributed by atoms with Gasteiger partial charge >= 0.3 is 6.09 Å². The minimum Gasteiger partial charge on any atom is -0.496 e.